The maximum atomic E-state index is 4.15. The van der Waals surface area contributed by atoms with Crippen LogP contribution in [0, 0.1) is 0 Å². The molecule has 2 nitrogen and oxygen atoms in total. The van der Waals surface area contributed by atoms with Crippen LogP contribution < -0.4 is 5.32 Å². The monoisotopic (exact) mass is 226 g/mol. The highest BCUT2D eigenvalue weighted by molar-refractivity contribution is 5.62. The lowest BCUT2D eigenvalue weighted by molar-refractivity contribution is 0.589. The van der Waals surface area contributed by atoms with Gasteiger partial charge in [0.05, 0.1) is 0 Å². The number of hydrogen-bond acceptors (Lipinski definition) is 2. The fourth-order valence-electron chi connectivity index (χ4n) is 1.72. The van der Waals surface area contributed by atoms with E-state index in [2.05, 4.69) is 54.5 Å². The maximum Gasteiger partial charge on any atom is 0.0346 e. The van der Waals surface area contributed by atoms with Gasteiger partial charge in [0.1, 0.15) is 0 Å². The molecule has 1 aromatic heterocycles. The summed E-state index contributed by atoms with van der Waals surface area (Å²) in [5.41, 5.74) is 3.69. The number of aromatic nitrogens is 1. The lowest BCUT2D eigenvalue weighted by Crippen LogP contribution is -2.21. The van der Waals surface area contributed by atoms with Gasteiger partial charge in [-0.15, -0.1) is 0 Å². The van der Waals surface area contributed by atoms with Crippen LogP contribution in [-0.4, -0.2) is 11.0 Å². The van der Waals surface area contributed by atoms with Gasteiger partial charge in [-0.2, -0.15) is 0 Å². The van der Waals surface area contributed by atoms with E-state index in [0.29, 0.717) is 6.04 Å². The number of benzene rings is 1. The summed E-state index contributed by atoms with van der Waals surface area (Å²) >= 11 is 0. The van der Waals surface area contributed by atoms with Crippen molar-refractivity contribution in [2.24, 2.45) is 0 Å². The fourth-order valence-corrected chi connectivity index (χ4v) is 1.72. The van der Waals surface area contributed by atoms with Gasteiger partial charge in [-0.25, -0.2) is 0 Å². The first-order valence-electron chi connectivity index (χ1n) is 5.98. The summed E-state index contributed by atoms with van der Waals surface area (Å²) in [7, 11) is 0. The zero-order valence-electron chi connectivity index (χ0n) is 10.4. The minimum Gasteiger partial charge on any atom is -0.310 e. The molecule has 17 heavy (non-hydrogen) atoms. The molecule has 0 saturated carbocycles. The molecule has 0 aliphatic carbocycles. The molecule has 2 rings (SSSR count). The van der Waals surface area contributed by atoms with Crippen molar-refractivity contribution in [2.75, 3.05) is 0 Å². The van der Waals surface area contributed by atoms with Crippen LogP contribution in [0.15, 0.2) is 48.8 Å². The summed E-state index contributed by atoms with van der Waals surface area (Å²) < 4.78 is 0. The Bertz CT molecular complexity index is 463. The molecule has 0 radical (unpaired) electrons. The van der Waals surface area contributed by atoms with Crippen LogP contribution in [0.25, 0.3) is 11.1 Å². The molecule has 0 spiro atoms. The molecule has 0 amide bonds. The normalized spacial score (nSPS) is 10.8. The van der Waals surface area contributed by atoms with Crippen molar-refractivity contribution in [3.8, 4) is 11.1 Å². The Hall–Kier alpha value is -1.67. The average Bonchev–Trinajstić information content (AvgIpc) is 2.38. The summed E-state index contributed by atoms with van der Waals surface area (Å²) in [6.45, 7) is 5.22. The summed E-state index contributed by atoms with van der Waals surface area (Å²) in [5, 5.41) is 3.42. The van der Waals surface area contributed by atoms with Crippen molar-refractivity contribution in [3.63, 3.8) is 0 Å². The molecular formula is C15H18N2. The molecule has 0 bridgehead atoms. The highest BCUT2D eigenvalue weighted by atomic mass is 14.9. The lowest BCUT2D eigenvalue weighted by Gasteiger charge is -2.09. The van der Waals surface area contributed by atoms with Gasteiger partial charge in [0.15, 0.2) is 0 Å². The van der Waals surface area contributed by atoms with Gasteiger partial charge in [0.25, 0.3) is 0 Å². The molecule has 88 valence electrons. The molecule has 0 fully saturated rings. The van der Waals surface area contributed by atoms with Crippen molar-refractivity contribution < 1.29 is 0 Å². The van der Waals surface area contributed by atoms with Crippen LogP contribution in [0.4, 0.5) is 0 Å². The van der Waals surface area contributed by atoms with Crippen molar-refractivity contribution in [1.29, 1.82) is 0 Å². The van der Waals surface area contributed by atoms with Crippen LogP contribution in [0.3, 0.4) is 0 Å². The third-order valence-corrected chi connectivity index (χ3v) is 2.64. The van der Waals surface area contributed by atoms with E-state index >= 15 is 0 Å². The zero-order valence-corrected chi connectivity index (χ0v) is 10.4. The van der Waals surface area contributed by atoms with E-state index in [0.717, 1.165) is 6.54 Å². The van der Waals surface area contributed by atoms with Crippen LogP contribution >= 0.6 is 0 Å². The van der Waals surface area contributed by atoms with E-state index in [9.17, 15) is 0 Å². The third-order valence-electron chi connectivity index (χ3n) is 2.64. The average molecular weight is 226 g/mol. The van der Waals surface area contributed by atoms with Crippen LogP contribution in [-0.2, 0) is 6.54 Å². The molecule has 1 N–H and O–H groups in total. The predicted octanol–water partition coefficient (Wildman–Crippen LogP) is 3.25. The topological polar surface area (TPSA) is 24.9 Å². The van der Waals surface area contributed by atoms with E-state index in [1.54, 1.807) is 6.20 Å². The van der Waals surface area contributed by atoms with Gasteiger partial charge in [0, 0.05) is 25.0 Å². The van der Waals surface area contributed by atoms with Gasteiger partial charge in [0.2, 0.25) is 0 Å². The fraction of sp³-hybridized carbons (Fsp3) is 0.267. The molecule has 0 aliphatic heterocycles. The second-order valence-electron chi connectivity index (χ2n) is 4.48. The van der Waals surface area contributed by atoms with Crippen LogP contribution in [0.2, 0.25) is 0 Å². The van der Waals surface area contributed by atoms with Crippen molar-refractivity contribution in [2.45, 2.75) is 26.4 Å². The Morgan fingerprint density at radius 3 is 2.65 bits per heavy atom. The van der Waals surface area contributed by atoms with Gasteiger partial charge in [-0.1, -0.05) is 38.1 Å². The molecule has 0 saturated heterocycles. The summed E-state index contributed by atoms with van der Waals surface area (Å²) in [6.07, 6.45) is 3.70. The molecule has 2 heteroatoms. The Balaban J connectivity index is 2.17. The van der Waals surface area contributed by atoms with Crippen LogP contribution in [0.5, 0.6) is 0 Å². The minimum atomic E-state index is 0.511. The van der Waals surface area contributed by atoms with E-state index in [1.807, 2.05) is 12.3 Å². The number of pyridine rings is 1. The van der Waals surface area contributed by atoms with E-state index in [1.165, 1.54) is 16.7 Å². The largest absolute Gasteiger partial charge is 0.310 e. The number of rotatable bonds is 4. The number of nitrogens with zero attached hydrogens (tertiary/aromatic N) is 1. The van der Waals surface area contributed by atoms with E-state index in [-0.39, 0.29) is 0 Å². The Morgan fingerprint density at radius 1 is 1.12 bits per heavy atom. The molecule has 0 aliphatic rings. The first-order chi connectivity index (χ1) is 8.25. The van der Waals surface area contributed by atoms with Crippen molar-refractivity contribution in [3.05, 3.63) is 54.4 Å². The molecular weight excluding hydrogens is 208 g/mol. The molecule has 0 unspecified atom stereocenters. The summed E-state index contributed by atoms with van der Waals surface area (Å²) in [5.74, 6) is 0. The first-order valence-corrected chi connectivity index (χ1v) is 5.98. The smallest absolute Gasteiger partial charge is 0.0346 e. The van der Waals surface area contributed by atoms with Crippen LogP contribution in [0.1, 0.15) is 19.4 Å². The van der Waals surface area contributed by atoms with Gasteiger partial charge in [-0.3, -0.25) is 4.98 Å². The van der Waals surface area contributed by atoms with Crippen molar-refractivity contribution >= 4 is 0 Å². The Morgan fingerprint density at radius 2 is 1.94 bits per heavy atom. The standard InChI is InChI=1S/C15H18N2/c1-12(2)17-10-13-5-3-6-14(9-13)15-7-4-8-16-11-15/h3-9,11-12,17H,10H2,1-2H3. The van der Waals surface area contributed by atoms with Crippen molar-refractivity contribution in [1.82, 2.24) is 10.3 Å². The van der Waals surface area contributed by atoms with Gasteiger partial charge >= 0.3 is 0 Å². The molecule has 2 aromatic rings. The summed E-state index contributed by atoms with van der Waals surface area (Å²) in [4.78, 5) is 4.15. The molecule has 1 heterocycles. The van der Waals surface area contributed by atoms with Gasteiger partial charge < -0.3 is 5.32 Å². The van der Waals surface area contributed by atoms with E-state index in [4.69, 9.17) is 0 Å². The minimum absolute atomic E-state index is 0.511. The van der Waals surface area contributed by atoms with E-state index < -0.39 is 0 Å². The third kappa shape index (κ3) is 3.40. The Labute approximate surface area is 103 Å². The predicted molar refractivity (Wildman–Crippen MR) is 71.6 cm³/mol. The quantitative estimate of drug-likeness (QED) is 0.865. The number of nitrogens with one attached hydrogen (secondary N) is 1. The highest BCUT2D eigenvalue weighted by Crippen LogP contribution is 2.19. The summed E-state index contributed by atoms with van der Waals surface area (Å²) in [6, 6.07) is 13.1. The number of hydrogen-bond donors (Lipinski definition) is 1. The highest BCUT2D eigenvalue weighted by Gasteiger charge is 1.99. The SMILES string of the molecule is CC(C)NCc1cccc(-c2cccnc2)c1. The molecule has 1 aromatic carbocycles. The molecule has 0 atom stereocenters. The lowest BCUT2D eigenvalue weighted by atomic mass is 10.0. The van der Waals surface area contributed by atoms with Gasteiger partial charge in [-0.05, 0) is 28.8 Å². The first kappa shape index (κ1) is 11.8. The Kier molecular flexibility index (Phi) is 3.89. The second kappa shape index (κ2) is 5.60. The zero-order chi connectivity index (χ0) is 12.1. The second-order valence-corrected chi connectivity index (χ2v) is 4.48. The maximum absolute atomic E-state index is 4.15.